The molecule has 0 aromatic rings. The van der Waals surface area contributed by atoms with Crippen molar-refractivity contribution in [1.82, 2.24) is 0 Å². The van der Waals surface area contributed by atoms with E-state index in [1.165, 1.54) is 35.5 Å². The van der Waals surface area contributed by atoms with Gasteiger partial charge in [-0.25, -0.2) is 0 Å². The van der Waals surface area contributed by atoms with E-state index in [0.29, 0.717) is 15.8 Å². The molecule has 2 aliphatic carbocycles. The van der Waals surface area contributed by atoms with E-state index in [2.05, 4.69) is 0 Å². The molecule has 0 N–H and O–H groups in total. The quantitative estimate of drug-likeness (QED) is 0.459. The van der Waals surface area contributed by atoms with Crippen LogP contribution in [0.1, 0.15) is 38.5 Å². The second kappa shape index (κ2) is 7.36. The largest absolute Gasteiger partial charge is 0.147 e. The average molecular weight is 381 g/mol. The SMILES string of the molecule is C1C2CC3CC1CP(C2)C3.C1C2CC3CC1CP(C2)C3.Cl.Cl. The summed E-state index contributed by atoms with van der Waals surface area (Å²) < 4.78 is 0. The second-order valence-corrected chi connectivity index (χ2v) is 13.9. The van der Waals surface area contributed by atoms with Crippen molar-refractivity contribution in [2.45, 2.75) is 38.5 Å². The number of halogens is 2. The lowest BCUT2D eigenvalue weighted by molar-refractivity contribution is 0.212. The highest BCUT2D eigenvalue weighted by molar-refractivity contribution is 7.58. The minimum Gasteiger partial charge on any atom is -0.147 e. The van der Waals surface area contributed by atoms with E-state index in [0.717, 1.165) is 0 Å². The molecular weight excluding hydrogens is 349 g/mol. The molecule has 6 heterocycles. The van der Waals surface area contributed by atoms with Gasteiger partial charge >= 0.3 is 0 Å². The maximum Gasteiger partial charge on any atom is -0.0297 e. The summed E-state index contributed by atoms with van der Waals surface area (Å²) in [6.07, 6.45) is 19.7. The van der Waals surface area contributed by atoms with Crippen LogP contribution in [0.5, 0.6) is 0 Å². The molecule has 0 atom stereocenters. The lowest BCUT2D eigenvalue weighted by atomic mass is 9.76. The van der Waals surface area contributed by atoms with Crippen LogP contribution < -0.4 is 0 Å². The van der Waals surface area contributed by atoms with Gasteiger partial charge in [0.05, 0.1) is 0 Å². The van der Waals surface area contributed by atoms with Gasteiger partial charge in [0.15, 0.2) is 0 Å². The first kappa shape index (κ1) is 18.2. The summed E-state index contributed by atoms with van der Waals surface area (Å²) in [5.74, 6) is 7.24. The molecule has 0 radical (unpaired) electrons. The van der Waals surface area contributed by atoms with E-state index in [4.69, 9.17) is 0 Å². The van der Waals surface area contributed by atoms with Gasteiger partial charge in [-0.2, -0.15) is 0 Å². The van der Waals surface area contributed by atoms with Gasteiger partial charge < -0.3 is 0 Å². The molecule has 22 heavy (non-hydrogen) atoms. The van der Waals surface area contributed by atoms with Gasteiger partial charge in [-0.05, 0) is 111 Å². The standard InChI is InChI=1S/2C9H15P.2ClH/c2*1-7-2-9-3-8(1)5-10(4-7)6-9;;/h2*7-9H,1-6H2;2*1H. The topological polar surface area (TPSA) is 0 Å². The Morgan fingerprint density at radius 1 is 0.364 bits per heavy atom. The summed E-state index contributed by atoms with van der Waals surface area (Å²) in [6.45, 7) is 0. The maximum atomic E-state index is 1.67. The van der Waals surface area contributed by atoms with Crippen molar-refractivity contribution in [2.75, 3.05) is 37.0 Å². The zero-order valence-electron chi connectivity index (χ0n) is 13.7. The number of hydrogen-bond acceptors (Lipinski definition) is 0. The molecule has 0 aromatic heterocycles. The van der Waals surface area contributed by atoms with Gasteiger partial charge in [0.25, 0.3) is 0 Å². The first-order valence-corrected chi connectivity index (χ1v) is 13.0. The van der Waals surface area contributed by atoms with Crippen LogP contribution in [0.3, 0.4) is 0 Å². The molecule has 6 saturated heterocycles. The van der Waals surface area contributed by atoms with Gasteiger partial charge in [0, 0.05) is 0 Å². The third-order valence-electron chi connectivity index (χ3n) is 7.10. The van der Waals surface area contributed by atoms with Crippen LogP contribution in [0.15, 0.2) is 0 Å². The fourth-order valence-electron chi connectivity index (χ4n) is 6.94. The van der Waals surface area contributed by atoms with Gasteiger partial charge in [0.2, 0.25) is 0 Å². The van der Waals surface area contributed by atoms with Crippen molar-refractivity contribution >= 4 is 40.7 Å². The van der Waals surface area contributed by atoms with Gasteiger partial charge in [0.1, 0.15) is 0 Å². The highest BCUT2D eigenvalue weighted by atomic mass is 35.5. The van der Waals surface area contributed by atoms with Crippen LogP contribution >= 0.6 is 40.7 Å². The van der Waals surface area contributed by atoms with Crippen LogP contribution in [-0.2, 0) is 0 Å². The molecule has 8 aliphatic rings. The monoisotopic (exact) mass is 380 g/mol. The van der Waals surface area contributed by atoms with Crippen molar-refractivity contribution in [3.63, 3.8) is 0 Å². The molecule has 0 aromatic carbocycles. The summed E-state index contributed by atoms with van der Waals surface area (Å²) >= 11 is 0. The molecule has 0 spiro atoms. The van der Waals surface area contributed by atoms with Crippen LogP contribution in [0.2, 0.25) is 0 Å². The lowest BCUT2D eigenvalue weighted by Crippen LogP contribution is -2.38. The molecule has 8 fully saturated rings. The zero-order chi connectivity index (χ0) is 13.1. The molecule has 4 heteroatoms. The molecule has 0 unspecified atom stereocenters. The molecule has 128 valence electrons. The van der Waals surface area contributed by atoms with Gasteiger partial charge in [-0.1, -0.05) is 0 Å². The normalized spacial score (nSPS) is 52.4. The Bertz CT molecular complexity index is 238. The van der Waals surface area contributed by atoms with E-state index in [9.17, 15) is 0 Å². The van der Waals surface area contributed by atoms with Crippen LogP contribution in [0.25, 0.3) is 0 Å². The Hall–Kier alpha value is 1.44. The third kappa shape index (κ3) is 3.66. The summed E-state index contributed by atoms with van der Waals surface area (Å²) in [7, 11) is 1.18. The lowest BCUT2D eigenvalue weighted by Gasteiger charge is -2.49. The third-order valence-corrected chi connectivity index (χ3v) is 13.3. The molecule has 6 aliphatic heterocycles. The summed E-state index contributed by atoms with van der Waals surface area (Å²) in [4.78, 5) is 0. The molecule has 0 amide bonds. The first-order valence-electron chi connectivity index (χ1n) is 9.25. The molecule has 8 rings (SSSR count). The van der Waals surface area contributed by atoms with E-state index in [1.807, 2.05) is 0 Å². The predicted octanol–water partition coefficient (Wildman–Crippen LogP) is 5.90. The Kier molecular flexibility index (Phi) is 6.10. The Balaban J connectivity index is 0.000000120. The highest BCUT2D eigenvalue weighted by Gasteiger charge is 2.42. The van der Waals surface area contributed by atoms with E-state index < -0.39 is 0 Å². The molecule has 2 saturated carbocycles. The predicted molar refractivity (Wildman–Crippen MR) is 106 cm³/mol. The van der Waals surface area contributed by atoms with Crippen LogP contribution in [-0.4, -0.2) is 37.0 Å². The Morgan fingerprint density at radius 3 is 0.682 bits per heavy atom. The number of hydrogen-bond donors (Lipinski definition) is 0. The van der Waals surface area contributed by atoms with Gasteiger partial charge in [-0.3, -0.25) is 0 Å². The molecular formula is C18H32Cl2P2. The summed E-state index contributed by atoms with van der Waals surface area (Å²) in [5.41, 5.74) is 0. The van der Waals surface area contributed by atoms with Crippen molar-refractivity contribution < 1.29 is 0 Å². The first-order chi connectivity index (χ1) is 9.80. The second-order valence-electron chi connectivity index (χ2n) is 9.05. The van der Waals surface area contributed by atoms with E-state index in [1.54, 1.807) is 75.5 Å². The Labute approximate surface area is 151 Å². The smallest absolute Gasteiger partial charge is 0.0297 e. The zero-order valence-corrected chi connectivity index (χ0v) is 17.1. The minimum atomic E-state index is 0. The highest BCUT2D eigenvalue weighted by Crippen LogP contribution is 2.60. The molecule has 8 bridgehead atoms. The minimum absolute atomic E-state index is 0. The van der Waals surface area contributed by atoms with Gasteiger partial charge in [-0.15, -0.1) is 40.7 Å². The van der Waals surface area contributed by atoms with Crippen LogP contribution in [0, 0.1) is 35.5 Å². The fourth-order valence-corrected chi connectivity index (χ4v) is 14.0. The van der Waals surface area contributed by atoms with E-state index in [-0.39, 0.29) is 24.8 Å². The van der Waals surface area contributed by atoms with Crippen molar-refractivity contribution in [3.05, 3.63) is 0 Å². The molecule has 0 nitrogen and oxygen atoms in total. The summed E-state index contributed by atoms with van der Waals surface area (Å²) in [6, 6.07) is 0. The average Bonchev–Trinajstić information content (AvgIpc) is 2.35. The van der Waals surface area contributed by atoms with Crippen molar-refractivity contribution in [3.8, 4) is 0 Å². The fraction of sp³-hybridized carbons (Fsp3) is 1.00. The van der Waals surface area contributed by atoms with Crippen molar-refractivity contribution in [2.24, 2.45) is 35.5 Å². The summed E-state index contributed by atoms with van der Waals surface area (Å²) in [5, 5.41) is 0. The number of rotatable bonds is 0. The van der Waals surface area contributed by atoms with Crippen LogP contribution in [0.4, 0.5) is 0 Å². The van der Waals surface area contributed by atoms with Crippen molar-refractivity contribution in [1.29, 1.82) is 0 Å². The maximum absolute atomic E-state index is 1.67. The Morgan fingerprint density at radius 2 is 0.545 bits per heavy atom. The van der Waals surface area contributed by atoms with E-state index >= 15 is 0 Å².